The van der Waals surface area contributed by atoms with Gasteiger partial charge in [-0.1, -0.05) is 0 Å². The number of hydrogen-bond donors (Lipinski definition) is 0. The van der Waals surface area contributed by atoms with Crippen molar-refractivity contribution in [1.82, 2.24) is 0 Å². The van der Waals surface area contributed by atoms with E-state index in [4.69, 9.17) is 13.3 Å². The van der Waals surface area contributed by atoms with Gasteiger partial charge in [0, 0.05) is 6.42 Å². The van der Waals surface area contributed by atoms with Crippen LogP contribution in [0.25, 0.3) is 0 Å². The van der Waals surface area contributed by atoms with Crippen LogP contribution >= 0.6 is 0 Å². The lowest BCUT2D eigenvalue weighted by molar-refractivity contribution is -0.144. The Morgan fingerprint density at radius 3 is 1.65 bits per heavy atom. The quantitative estimate of drug-likeness (QED) is 0.564. The van der Waals surface area contributed by atoms with Crippen LogP contribution in [0.3, 0.4) is 0 Å². The Morgan fingerprint density at radius 2 is 1.26 bits per heavy atom. The van der Waals surface area contributed by atoms with Gasteiger partial charge in [-0.15, -0.1) is 0 Å². The predicted octanol–water partition coefficient (Wildman–Crippen LogP) is 4.13. The second-order valence-electron chi connectivity index (χ2n) is 8.73. The summed E-state index contributed by atoms with van der Waals surface area (Å²) in [7, 11) is -5.67. The Balaban J connectivity index is 4.60. The monoisotopic (exact) mass is 378 g/mol. The van der Waals surface area contributed by atoms with Crippen LogP contribution in [0, 0.1) is 0 Å². The SMILES string of the molecule is C[Si](C)(C)OC(=O)CCC[C@@H](O[Si](C)(C)C)C(=O)O[Si](C)(C)C. The topological polar surface area (TPSA) is 61.8 Å². The first-order chi connectivity index (χ1) is 10.1. The van der Waals surface area contributed by atoms with Crippen LogP contribution in [0.1, 0.15) is 19.3 Å². The molecule has 0 radical (unpaired) electrons. The van der Waals surface area contributed by atoms with Crippen molar-refractivity contribution in [1.29, 1.82) is 0 Å². The van der Waals surface area contributed by atoms with E-state index in [-0.39, 0.29) is 11.9 Å². The third kappa shape index (κ3) is 13.7. The van der Waals surface area contributed by atoms with Crippen molar-refractivity contribution >= 4 is 36.9 Å². The third-order valence-electron chi connectivity index (χ3n) is 2.43. The Bertz CT molecular complexity index is 405. The fourth-order valence-electron chi connectivity index (χ4n) is 1.84. The molecule has 0 aliphatic rings. The van der Waals surface area contributed by atoms with E-state index in [0.717, 1.165) is 0 Å². The maximum Gasteiger partial charge on any atom is 0.320 e. The van der Waals surface area contributed by atoms with Crippen molar-refractivity contribution in [2.75, 3.05) is 0 Å². The van der Waals surface area contributed by atoms with Crippen LogP contribution in [0.5, 0.6) is 0 Å². The van der Waals surface area contributed by atoms with Crippen molar-refractivity contribution in [3.05, 3.63) is 0 Å². The molecule has 0 rings (SSSR count). The van der Waals surface area contributed by atoms with Crippen LogP contribution < -0.4 is 0 Å². The molecule has 0 N–H and O–H groups in total. The molecule has 0 aromatic carbocycles. The Labute approximate surface area is 144 Å². The van der Waals surface area contributed by atoms with Gasteiger partial charge in [0.1, 0.15) is 6.10 Å². The lowest BCUT2D eigenvalue weighted by Gasteiger charge is -2.28. The van der Waals surface area contributed by atoms with Crippen molar-refractivity contribution < 1.29 is 22.9 Å². The molecule has 0 saturated heterocycles. The van der Waals surface area contributed by atoms with Crippen LogP contribution in [-0.4, -0.2) is 43.0 Å². The summed E-state index contributed by atoms with van der Waals surface area (Å²) in [5.74, 6) is -0.473. The molecular formula is C15H34O5Si3. The van der Waals surface area contributed by atoms with E-state index in [1.807, 2.05) is 58.9 Å². The van der Waals surface area contributed by atoms with Crippen molar-refractivity contribution in [3.8, 4) is 0 Å². The van der Waals surface area contributed by atoms with E-state index in [2.05, 4.69) is 0 Å². The maximum atomic E-state index is 12.3. The largest absolute Gasteiger partial charge is 0.520 e. The summed E-state index contributed by atoms with van der Waals surface area (Å²) in [5.41, 5.74) is 0. The molecule has 0 aromatic rings. The van der Waals surface area contributed by atoms with Crippen LogP contribution in [0.4, 0.5) is 0 Å². The summed E-state index contributed by atoms with van der Waals surface area (Å²) < 4.78 is 17.0. The van der Waals surface area contributed by atoms with Crippen molar-refractivity contribution in [2.45, 2.75) is 84.3 Å². The van der Waals surface area contributed by atoms with Gasteiger partial charge in [-0.25, -0.2) is 0 Å². The second-order valence-corrected chi connectivity index (χ2v) is 22.0. The first-order valence-corrected chi connectivity index (χ1v) is 18.4. The standard InChI is InChI=1S/C15H34O5Si3/c1-21(2,3)18-13(15(17)20-23(7,8)9)11-10-12-14(16)19-22(4,5)6/h13H,10-12H2,1-9H3/t13-/m1/s1. The summed E-state index contributed by atoms with van der Waals surface area (Å²) in [4.78, 5) is 24.1. The third-order valence-corrected chi connectivity index (χ3v) is 5.08. The van der Waals surface area contributed by atoms with Gasteiger partial charge in [0.2, 0.25) is 16.6 Å². The van der Waals surface area contributed by atoms with Crippen molar-refractivity contribution in [2.24, 2.45) is 0 Å². The molecule has 0 unspecified atom stereocenters. The summed E-state index contributed by atoms with van der Waals surface area (Å²) >= 11 is 0. The molecule has 0 bridgehead atoms. The minimum absolute atomic E-state index is 0.186. The zero-order valence-electron chi connectivity index (χ0n) is 16.2. The number of carbonyl (C=O) groups excluding carboxylic acids is 2. The fraction of sp³-hybridized carbons (Fsp3) is 0.867. The first-order valence-electron chi connectivity index (χ1n) is 8.22. The smallest absolute Gasteiger partial charge is 0.320 e. The van der Waals surface area contributed by atoms with Crippen LogP contribution in [-0.2, 0) is 22.9 Å². The molecule has 0 heterocycles. The number of hydrogen-bond acceptors (Lipinski definition) is 5. The number of rotatable bonds is 9. The van der Waals surface area contributed by atoms with Gasteiger partial charge in [-0.05, 0) is 71.8 Å². The molecule has 1 atom stereocenters. The Hall–Kier alpha value is -0.449. The lowest BCUT2D eigenvalue weighted by atomic mass is 10.1. The van der Waals surface area contributed by atoms with E-state index in [0.29, 0.717) is 19.3 Å². The zero-order chi connectivity index (χ0) is 18.5. The molecule has 8 heteroatoms. The van der Waals surface area contributed by atoms with Gasteiger partial charge in [0.15, 0.2) is 8.32 Å². The first kappa shape index (κ1) is 22.6. The average Bonchev–Trinajstić information content (AvgIpc) is 2.20. The van der Waals surface area contributed by atoms with Crippen LogP contribution in [0.15, 0.2) is 0 Å². The summed E-state index contributed by atoms with van der Waals surface area (Å²) in [6.07, 6.45) is 0.803. The highest BCUT2D eigenvalue weighted by Gasteiger charge is 2.31. The summed E-state index contributed by atoms with van der Waals surface area (Å²) in [5, 5.41) is 0. The van der Waals surface area contributed by atoms with Gasteiger partial charge >= 0.3 is 5.97 Å². The molecule has 136 valence electrons. The highest BCUT2D eigenvalue weighted by molar-refractivity contribution is 6.72. The van der Waals surface area contributed by atoms with Crippen LogP contribution in [0.2, 0.25) is 58.9 Å². The molecule has 23 heavy (non-hydrogen) atoms. The summed E-state index contributed by atoms with van der Waals surface area (Å²) in [6.45, 7) is 18.0. The summed E-state index contributed by atoms with van der Waals surface area (Å²) in [6, 6.07) is 0. The molecule has 0 aliphatic heterocycles. The normalized spacial score (nSPS) is 14.3. The molecule has 0 fully saturated rings. The molecule has 0 amide bonds. The van der Waals surface area contributed by atoms with E-state index < -0.39 is 31.1 Å². The molecule has 0 saturated carbocycles. The Kier molecular flexibility index (Phi) is 8.42. The van der Waals surface area contributed by atoms with Crippen molar-refractivity contribution in [3.63, 3.8) is 0 Å². The van der Waals surface area contributed by atoms with Gasteiger partial charge in [0.25, 0.3) is 5.97 Å². The fourth-order valence-corrected chi connectivity index (χ4v) is 4.43. The van der Waals surface area contributed by atoms with Gasteiger partial charge in [-0.2, -0.15) is 0 Å². The van der Waals surface area contributed by atoms with Gasteiger partial charge in [-0.3, -0.25) is 9.59 Å². The predicted molar refractivity (Wildman–Crippen MR) is 101 cm³/mol. The van der Waals surface area contributed by atoms with Gasteiger partial charge < -0.3 is 13.3 Å². The highest BCUT2D eigenvalue weighted by Crippen LogP contribution is 2.17. The molecule has 5 nitrogen and oxygen atoms in total. The minimum atomic E-state index is -1.95. The lowest BCUT2D eigenvalue weighted by Crippen LogP contribution is -2.41. The zero-order valence-corrected chi connectivity index (χ0v) is 19.2. The molecule has 0 aliphatic carbocycles. The van der Waals surface area contributed by atoms with E-state index in [1.165, 1.54) is 0 Å². The average molecular weight is 379 g/mol. The van der Waals surface area contributed by atoms with Gasteiger partial charge in [0.05, 0.1) is 0 Å². The molecular weight excluding hydrogens is 344 g/mol. The Morgan fingerprint density at radius 1 is 0.783 bits per heavy atom. The van der Waals surface area contributed by atoms with E-state index >= 15 is 0 Å². The molecule has 0 aromatic heterocycles. The number of carbonyl (C=O) groups is 2. The van der Waals surface area contributed by atoms with E-state index in [9.17, 15) is 9.59 Å². The minimum Gasteiger partial charge on any atom is -0.520 e. The second kappa shape index (κ2) is 8.59. The maximum absolute atomic E-state index is 12.3. The molecule has 0 spiro atoms. The highest BCUT2D eigenvalue weighted by atomic mass is 28.4. The van der Waals surface area contributed by atoms with E-state index in [1.54, 1.807) is 0 Å².